The van der Waals surface area contributed by atoms with Crippen molar-refractivity contribution in [3.8, 4) is 5.82 Å². The number of nitrogens with zero attached hydrogens (tertiary/aromatic N) is 4. The van der Waals surface area contributed by atoms with Gasteiger partial charge >= 0.3 is 0 Å². The second-order valence-electron chi connectivity index (χ2n) is 4.52. The van der Waals surface area contributed by atoms with Crippen LogP contribution in [0.2, 0.25) is 0 Å². The molecule has 0 atom stereocenters. The number of hydrogen-bond donors (Lipinski definition) is 1. The van der Waals surface area contributed by atoms with E-state index in [1.54, 1.807) is 12.5 Å². The van der Waals surface area contributed by atoms with Crippen LogP contribution in [0.5, 0.6) is 0 Å². The van der Waals surface area contributed by atoms with Crippen LogP contribution >= 0.6 is 0 Å². The van der Waals surface area contributed by atoms with E-state index in [-0.39, 0.29) is 0 Å². The van der Waals surface area contributed by atoms with Crippen LogP contribution in [-0.4, -0.2) is 45.6 Å². The molecule has 1 fully saturated rings. The lowest BCUT2D eigenvalue weighted by Crippen LogP contribution is -2.42. The lowest BCUT2D eigenvalue weighted by molar-refractivity contribution is 0.233. The van der Waals surface area contributed by atoms with Crippen molar-refractivity contribution in [3.63, 3.8) is 0 Å². The van der Waals surface area contributed by atoms with Crippen LogP contribution in [0.4, 0.5) is 0 Å². The van der Waals surface area contributed by atoms with Gasteiger partial charge in [-0.25, -0.2) is 9.97 Å². The topological polar surface area (TPSA) is 46.0 Å². The van der Waals surface area contributed by atoms with Crippen molar-refractivity contribution in [2.24, 2.45) is 0 Å². The number of nitrogens with one attached hydrogen (secondary N) is 1. The van der Waals surface area contributed by atoms with Crippen molar-refractivity contribution in [1.82, 2.24) is 24.8 Å². The van der Waals surface area contributed by atoms with Crippen molar-refractivity contribution in [3.05, 3.63) is 42.6 Å². The monoisotopic (exact) mass is 243 g/mol. The van der Waals surface area contributed by atoms with Crippen LogP contribution in [0.1, 0.15) is 5.56 Å². The molecule has 0 amide bonds. The first-order chi connectivity index (χ1) is 8.92. The van der Waals surface area contributed by atoms with Gasteiger partial charge in [-0.05, 0) is 11.6 Å². The van der Waals surface area contributed by atoms with Crippen LogP contribution in [-0.2, 0) is 6.54 Å². The molecule has 3 heterocycles. The molecule has 0 spiro atoms. The first-order valence-corrected chi connectivity index (χ1v) is 6.28. The summed E-state index contributed by atoms with van der Waals surface area (Å²) < 4.78 is 1.91. The Labute approximate surface area is 106 Å². The molecule has 0 aromatic carbocycles. The van der Waals surface area contributed by atoms with Gasteiger partial charge in [-0.2, -0.15) is 0 Å². The molecule has 2 aromatic rings. The molecule has 18 heavy (non-hydrogen) atoms. The Morgan fingerprint density at radius 2 is 2.11 bits per heavy atom. The molecular formula is C13H17N5. The fourth-order valence-corrected chi connectivity index (χ4v) is 2.19. The molecule has 94 valence electrons. The minimum Gasteiger partial charge on any atom is -0.314 e. The quantitative estimate of drug-likeness (QED) is 0.861. The van der Waals surface area contributed by atoms with Gasteiger partial charge in [-0.3, -0.25) is 9.47 Å². The molecule has 0 unspecified atom stereocenters. The van der Waals surface area contributed by atoms with E-state index in [0.717, 1.165) is 38.5 Å². The van der Waals surface area contributed by atoms with E-state index in [1.807, 2.05) is 23.0 Å². The van der Waals surface area contributed by atoms with Gasteiger partial charge in [0.15, 0.2) is 0 Å². The molecule has 0 aliphatic carbocycles. The Balaban J connectivity index is 1.67. The summed E-state index contributed by atoms with van der Waals surface area (Å²) in [6, 6.07) is 4.18. The third-order valence-electron chi connectivity index (χ3n) is 3.19. The van der Waals surface area contributed by atoms with E-state index in [1.165, 1.54) is 5.56 Å². The Bertz CT molecular complexity index is 471. The summed E-state index contributed by atoms with van der Waals surface area (Å²) >= 11 is 0. The van der Waals surface area contributed by atoms with Crippen molar-refractivity contribution >= 4 is 0 Å². The van der Waals surface area contributed by atoms with Crippen molar-refractivity contribution < 1.29 is 0 Å². The summed E-state index contributed by atoms with van der Waals surface area (Å²) in [5.74, 6) is 0.913. The van der Waals surface area contributed by atoms with Crippen LogP contribution in [0.25, 0.3) is 5.82 Å². The summed E-state index contributed by atoms with van der Waals surface area (Å²) in [5.41, 5.74) is 1.26. The number of aromatic nitrogens is 3. The average Bonchev–Trinajstić information content (AvgIpc) is 2.95. The van der Waals surface area contributed by atoms with E-state index < -0.39 is 0 Å². The maximum atomic E-state index is 4.47. The number of imidazole rings is 1. The van der Waals surface area contributed by atoms with E-state index in [0.29, 0.717) is 0 Å². The SMILES string of the molecule is c1cn(-c2ccc(CN3CCNCC3)cn2)cn1. The molecule has 3 rings (SSSR count). The van der Waals surface area contributed by atoms with Crippen LogP contribution in [0, 0.1) is 0 Å². The third kappa shape index (κ3) is 2.57. The molecule has 1 aliphatic heterocycles. The number of hydrogen-bond acceptors (Lipinski definition) is 4. The van der Waals surface area contributed by atoms with E-state index in [2.05, 4.69) is 26.3 Å². The van der Waals surface area contributed by atoms with Crippen molar-refractivity contribution in [2.45, 2.75) is 6.54 Å². The molecule has 5 heteroatoms. The smallest absolute Gasteiger partial charge is 0.137 e. The summed E-state index contributed by atoms with van der Waals surface area (Å²) in [7, 11) is 0. The predicted octanol–water partition coefficient (Wildman–Crippen LogP) is 0.672. The van der Waals surface area contributed by atoms with Crippen molar-refractivity contribution in [2.75, 3.05) is 26.2 Å². The minimum atomic E-state index is 0.913. The van der Waals surface area contributed by atoms with Gasteiger partial charge in [0.1, 0.15) is 12.1 Å². The fraction of sp³-hybridized carbons (Fsp3) is 0.385. The standard InChI is InChI=1S/C13H17N5/c1-2-13(18-8-5-15-11-18)16-9-12(1)10-17-6-3-14-4-7-17/h1-2,5,8-9,11,14H,3-4,6-7,10H2. The molecule has 0 radical (unpaired) electrons. The van der Waals surface area contributed by atoms with Crippen LogP contribution in [0.3, 0.4) is 0 Å². The van der Waals surface area contributed by atoms with Gasteiger partial charge in [0.25, 0.3) is 0 Å². The summed E-state index contributed by atoms with van der Waals surface area (Å²) in [6.45, 7) is 5.38. The molecular weight excluding hydrogens is 226 g/mol. The highest BCUT2D eigenvalue weighted by molar-refractivity contribution is 5.25. The minimum absolute atomic E-state index is 0.913. The lowest BCUT2D eigenvalue weighted by Gasteiger charge is -2.27. The van der Waals surface area contributed by atoms with Gasteiger partial charge in [-0.1, -0.05) is 6.07 Å². The van der Waals surface area contributed by atoms with Gasteiger partial charge in [-0.15, -0.1) is 0 Å². The Hall–Kier alpha value is -1.72. The zero-order valence-electron chi connectivity index (χ0n) is 10.3. The van der Waals surface area contributed by atoms with Crippen LogP contribution in [0.15, 0.2) is 37.1 Å². The number of piperazine rings is 1. The first-order valence-electron chi connectivity index (χ1n) is 6.28. The largest absolute Gasteiger partial charge is 0.314 e. The fourth-order valence-electron chi connectivity index (χ4n) is 2.19. The van der Waals surface area contributed by atoms with E-state index in [4.69, 9.17) is 0 Å². The van der Waals surface area contributed by atoms with Gasteiger partial charge in [0, 0.05) is 51.3 Å². The highest BCUT2D eigenvalue weighted by atomic mass is 15.2. The molecule has 0 saturated carbocycles. The highest BCUT2D eigenvalue weighted by Crippen LogP contribution is 2.08. The highest BCUT2D eigenvalue weighted by Gasteiger charge is 2.09. The number of rotatable bonds is 3. The normalized spacial score (nSPS) is 16.9. The zero-order chi connectivity index (χ0) is 12.2. The first kappa shape index (κ1) is 11.4. The maximum Gasteiger partial charge on any atom is 0.137 e. The molecule has 5 nitrogen and oxygen atoms in total. The molecule has 1 aliphatic rings. The number of pyridine rings is 1. The maximum absolute atomic E-state index is 4.47. The Morgan fingerprint density at radius 3 is 2.78 bits per heavy atom. The predicted molar refractivity (Wildman–Crippen MR) is 69.5 cm³/mol. The molecule has 0 bridgehead atoms. The van der Waals surface area contributed by atoms with Crippen LogP contribution < -0.4 is 5.32 Å². The van der Waals surface area contributed by atoms with Crippen molar-refractivity contribution in [1.29, 1.82) is 0 Å². The second kappa shape index (κ2) is 5.29. The van der Waals surface area contributed by atoms with E-state index in [9.17, 15) is 0 Å². The summed E-state index contributed by atoms with van der Waals surface area (Å²) in [6.07, 6.45) is 7.38. The molecule has 1 N–H and O–H groups in total. The Morgan fingerprint density at radius 1 is 1.22 bits per heavy atom. The summed E-state index contributed by atoms with van der Waals surface area (Å²) in [5, 5.41) is 3.36. The molecule has 2 aromatic heterocycles. The molecule has 1 saturated heterocycles. The van der Waals surface area contributed by atoms with Gasteiger partial charge in [0.05, 0.1) is 0 Å². The average molecular weight is 243 g/mol. The van der Waals surface area contributed by atoms with Gasteiger partial charge in [0.2, 0.25) is 0 Å². The zero-order valence-corrected chi connectivity index (χ0v) is 10.3. The summed E-state index contributed by atoms with van der Waals surface area (Å²) in [4.78, 5) is 10.9. The second-order valence-corrected chi connectivity index (χ2v) is 4.52. The third-order valence-corrected chi connectivity index (χ3v) is 3.19. The van der Waals surface area contributed by atoms with E-state index >= 15 is 0 Å². The lowest BCUT2D eigenvalue weighted by atomic mass is 10.2. The Kier molecular flexibility index (Phi) is 3.34. The van der Waals surface area contributed by atoms with Gasteiger partial charge < -0.3 is 5.32 Å².